The van der Waals surface area contributed by atoms with Gasteiger partial charge in [-0.3, -0.25) is 4.79 Å². The molecule has 1 N–H and O–H groups in total. The lowest BCUT2D eigenvalue weighted by molar-refractivity contribution is -0.121. The number of methoxy groups -OCH3 is 1. The van der Waals surface area contributed by atoms with E-state index in [0.717, 1.165) is 16.9 Å². The predicted octanol–water partition coefficient (Wildman–Crippen LogP) is 4.25. The first kappa shape index (κ1) is 18.0. The summed E-state index contributed by atoms with van der Waals surface area (Å²) in [6.07, 6.45) is 2.35. The van der Waals surface area contributed by atoms with E-state index >= 15 is 0 Å². The molecule has 0 saturated heterocycles. The summed E-state index contributed by atoms with van der Waals surface area (Å²) in [6, 6.07) is 15.0. The van der Waals surface area contributed by atoms with E-state index in [4.69, 9.17) is 20.8 Å². The number of hydrogen-bond donors (Lipinski definition) is 1. The topological polar surface area (TPSA) is 64.4 Å². The predicted molar refractivity (Wildman–Crippen MR) is 100 cm³/mol. The number of rotatable bonds is 7. The lowest BCUT2D eigenvalue weighted by Gasteiger charge is -2.06. The Labute approximate surface area is 157 Å². The zero-order chi connectivity index (χ0) is 18.4. The Kier molecular flexibility index (Phi) is 5.92. The van der Waals surface area contributed by atoms with Gasteiger partial charge in [-0.1, -0.05) is 35.9 Å². The van der Waals surface area contributed by atoms with Crippen molar-refractivity contribution in [3.8, 4) is 17.1 Å². The van der Waals surface area contributed by atoms with Crippen molar-refractivity contribution in [2.24, 2.45) is 0 Å². The van der Waals surface area contributed by atoms with Gasteiger partial charge in [0.05, 0.1) is 18.3 Å². The van der Waals surface area contributed by atoms with E-state index in [2.05, 4.69) is 10.3 Å². The first-order valence-corrected chi connectivity index (χ1v) is 8.63. The van der Waals surface area contributed by atoms with Crippen LogP contribution in [0.5, 0.6) is 5.75 Å². The summed E-state index contributed by atoms with van der Waals surface area (Å²) < 4.78 is 10.9. The van der Waals surface area contributed by atoms with Crippen LogP contribution in [-0.2, 0) is 17.8 Å². The van der Waals surface area contributed by atoms with E-state index in [1.807, 2.05) is 42.5 Å². The molecule has 1 amide bonds. The van der Waals surface area contributed by atoms with Gasteiger partial charge in [0, 0.05) is 24.9 Å². The third-order valence-electron chi connectivity index (χ3n) is 3.88. The maximum Gasteiger partial charge on any atom is 0.220 e. The largest absolute Gasteiger partial charge is 0.497 e. The van der Waals surface area contributed by atoms with E-state index in [0.29, 0.717) is 36.1 Å². The number of amides is 1. The van der Waals surface area contributed by atoms with Gasteiger partial charge in [-0.15, -0.1) is 0 Å². The van der Waals surface area contributed by atoms with E-state index < -0.39 is 0 Å². The smallest absolute Gasteiger partial charge is 0.220 e. The molecule has 5 nitrogen and oxygen atoms in total. The number of benzene rings is 2. The molecule has 3 rings (SSSR count). The molecule has 0 bridgehead atoms. The van der Waals surface area contributed by atoms with Gasteiger partial charge in [0.1, 0.15) is 5.75 Å². The van der Waals surface area contributed by atoms with Crippen LogP contribution in [0.25, 0.3) is 11.3 Å². The Morgan fingerprint density at radius 3 is 2.88 bits per heavy atom. The van der Waals surface area contributed by atoms with Crippen molar-refractivity contribution in [2.75, 3.05) is 7.11 Å². The highest BCUT2D eigenvalue weighted by Crippen LogP contribution is 2.28. The monoisotopic (exact) mass is 370 g/mol. The Morgan fingerprint density at radius 1 is 1.23 bits per heavy atom. The van der Waals surface area contributed by atoms with Crippen LogP contribution in [0.1, 0.15) is 17.9 Å². The molecule has 6 heteroatoms. The van der Waals surface area contributed by atoms with Gasteiger partial charge in [-0.2, -0.15) is 0 Å². The van der Waals surface area contributed by atoms with Crippen molar-refractivity contribution in [3.05, 3.63) is 71.2 Å². The molecule has 0 aliphatic heterocycles. The molecule has 1 aromatic heterocycles. The van der Waals surface area contributed by atoms with Crippen LogP contribution in [0.15, 0.2) is 59.1 Å². The van der Waals surface area contributed by atoms with E-state index in [1.54, 1.807) is 19.4 Å². The third-order valence-corrected chi connectivity index (χ3v) is 4.21. The maximum atomic E-state index is 12.0. The summed E-state index contributed by atoms with van der Waals surface area (Å²) in [4.78, 5) is 16.3. The van der Waals surface area contributed by atoms with Crippen molar-refractivity contribution < 1.29 is 13.9 Å². The molecule has 0 fully saturated rings. The number of nitrogens with zero attached hydrogens (tertiary/aromatic N) is 1. The lowest BCUT2D eigenvalue weighted by Crippen LogP contribution is -2.23. The highest BCUT2D eigenvalue weighted by molar-refractivity contribution is 6.33. The molecule has 2 aromatic carbocycles. The zero-order valence-corrected chi connectivity index (χ0v) is 15.1. The van der Waals surface area contributed by atoms with Crippen molar-refractivity contribution in [2.45, 2.75) is 19.4 Å². The highest BCUT2D eigenvalue weighted by atomic mass is 35.5. The second kappa shape index (κ2) is 8.54. The molecule has 0 radical (unpaired) electrons. The first-order chi connectivity index (χ1) is 12.7. The first-order valence-electron chi connectivity index (χ1n) is 8.25. The molecule has 0 atom stereocenters. The Hall–Kier alpha value is -2.79. The normalized spacial score (nSPS) is 10.5. The van der Waals surface area contributed by atoms with Crippen LogP contribution >= 0.6 is 11.6 Å². The summed E-state index contributed by atoms with van der Waals surface area (Å²) in [7, 11) is 1.62. The Bertz CT molecular complexity index is 892. The van der Waals surface area contributed by atoms with Crippen molar-refractivity contribution >= 4 is 17.5 Å². The van der Waals surface area contributed by atoms with Crippen LogP contribution in [0.2, 0.25) is 5.02 Å². The average Bonchev–Trinajstić information content (AvgIpc) is 3.14. The number of oxazole rings is 1. The number of nitrogens with one attached hydrogen (secondary N) is 1. The zero-order valence-electron chi connectivity index (χ0n) is 14.4. The number of carbonyl (C=O) groups excluding carboxylic acids is 1. The molecule has 134 valence electrons. The summed E-state index contributed by atoms with van der Waals surface area (Å²) >= 11 is 6.16. The second-order valence-electron chi connectivity index (χ2n) is 5.73. The Morgan fingerprint density at radius 2 is 2.08 bits per heavy atom. The fraction of sp³-hybridized carbons (Fsp3) is 0.200. The number of carbonyl (C=O) groups is 1. The number of aromatic nitrogens is 1. The summed E-state index contributed by atoms with van der Waals surface area (Å²) in [6.45, 7) is 0.451. The van der Waals surface area contributed by atoms with Crippen LogP contribution in [-0.4, -0.2) is 18.0 Å². The SMILES string of the molecule is COc1cccc(CNC(=O)CCc2ncc(-c3ccccc3Cl)o2)c1. The average molecular weight is 371 g/mol. The van der Waals surface area contributed by atoms with Gasteiger partial charge in [0.15, 0.2) is 11.7 Å². The van der Waals surface area contributed by atoms with Gasteiger partial charge >= 0.3 is 0 Å². The molecular weight excluding hydrogens is 352 g/mol. The van der Waals surface area contributed by atoms with Crippen LogP contribution in [0.3, 0.4) is 0 Å². The van der Waals surface area contributed by atoms with Crippen LogP contribution in [0.4, 0.5) is 0 Å². The number of aryl methyl sites for hydroxylation is 1. The molecule has 0 unspecified atom stereocenters. The second-order valence-corrected chi connectivity index (χ2v) is 6.13. The number of ether oxygens (including phenoxy) is 1. The highest BCUT2D eigenvalue weighted by Gasteiger charge is 2.11. The fourth-order valence-electron chi connectivity index (χ4n) is 2.50. The van der Waals surface area contributed by atoms with E-state index in [1.165, 1.54) is 0 Å². The quantitative estimate of drug-likeness (QED) is 0.675. The van der Waals surface area contributed by atoms with Gasteiger partial charge in [-0.25, -0.2) is 4.98 Å². The minimum atomic E-state index is -0.0645. The minimum Gasteiger partial charge on any atom is -0.497 e. The van der Waals surface area contributed by atoms with E-state index in [9.17, 15) is 4.79 Å². The van der Waals surface area contributed by atoms with Gasteiger partial charge in [0.25, 0.3) is 0 Å². The van der Waals surface area contributed by atoms with Crippen molar-refractivity contribution in [1.82, 2.24) is 10.3 Å². The van der Waals surface area contributed by atoms with Crippen LogP contribution < -0.4 is 10.1 Å². The Balaban J connectivity index is 1.51. The molecule has 0 aliphatic rings. The molecule has 0 saturated carbocycles. The van der Waals surface area contributed by atoms with Gasteiger partial charge in [0.2, 0.25) is 5.91 Å². The molecule has 26 heavy (non-hydrogen) atoms. The summed E-state index contributed by atoms with van der Waals surface area (Å²) in [5.41, 5.74) is 1.77. The number of halogens is 1. The standard InChI is InChI=1S/C20H19ClN2O3/c1-25-15-6-4-5-14(11-15)12-22-19(24)9-10-20-23-13-18(26-20)16-7-2-3-8-17(16)21/h2-8,11,13H,9-10,12H2,1H3,(H,22,24). The number of hydrogen-bond acceptors (Lipinski definition) is 4. The van der Waals surface area contributed by atoms with Gasteiger partial charge < -0.3 is 14.5 Å². The molecule has 3 aromatic rings. The van der Waals surface area contributed by atoms with Gasteiger partial charge in [-0.05, 0) is 29.8 Å². The fourth-order valence-corrected chi connectivity index (χ4v) is 2.73. The maximum absolute atomic E-state index is 12.0. The minimum absolute atomic E-state index is 0.0645. The third kappa shape index (κ3) is 4.64. The molecular formula is C20H19ClN2O3. The molecule has 0 spiro atoms. The molecule has 1 heterocycles. The van der Waals surface area contributed by atoms with Crippen LogP contribution in [0, 0.1) is 0 Å². The summed E-state index contributed by atoms with van der Waals surface area (Å²) in [5, 5.41) is 3.49. The van der Waals surface area contributed by atoms with Crippen molar-refractivity contribution in [3.63, 3.8) is 0 Å². The molecule has 0 aliphatic carbocycles. The van der Waals surface area contributed by atoms with E-state index in [-0.39, 0.29) is 5.91 Å². The van der Waals surface area contributed by atoms with Crippen molar-refractivity contribution in [1.29, 1.82) is 0 Å². The lowest BCUT2D eigenvalue weighted by atomic mass is 10.2. The summed E-state index contributed by atoms with van der Waals surface area (Å²) in [5.74, 6) is 1.81.